The molecular weight excluding hydrogens is 318 g/mol. The molecular formula is C20H19NO4. The summed E-state index contributed by atoms with van der Waals surface area (Å²) in [4.78, 5) is 18.2. The summed E-state index contributed by atoms with van der Waals surface area (Å²) in [6.07, 6.45) is 0. The minimum atomic E-state index is -1.82. The van der Waals surface area contributed by atoms with Crippen molar-refractivity contribution in [2.75, 3.05) is 0 Å². The van der Waals surface area contributed by atoms with Crippen molar-refractivity contribution in [2.24, 2.45) is 0 Å². The van der Waals surface area contributed by atoms with Crippen LogP contribution in [0.4, 0.5) is 0 Å². The zero-order valence-corrected chi connectivity index (χ0v) is 13.6. The van der Waals surface area contributed by atoms with Crippen LogP contribution < -0.4 is 5.32 Å². The van der Waals surface area contributed by atoms with E-state index in [1.54, 1.807) is 0 Å². The Morgan fingerprint density at radius 3 is 2.00 bits per heavy atom. The van der Waals surface area contributed by atoms with E-state index in [-0.39, 0.29) is 0 Å². The van der Waals surface area contributed by atoms with Crippen LogP contribution in [0.2, 0.25) is 0 Å². The van der Waals surface area contributed by atoms with E-state index in [0.717, 1.165) is 13.1 Å². The molecule has 3 rings (SSSR count). The maximum absolute atomic E-state index is 9.10. The summed E-state index contributed by atoms with van der Waals surface area (Å²) in [5, 5.41) is 20.9. The lowest BCUT2D eigenvalue weighted by atomic mass is 10.0. The van der Waals surface area contributed by atoms with Crippen molar-refractivity contribution >= 4 is 22.7 Å². The van der Waals surface area contributed by atoms with Gasteiger partial charge in [-0.1, -0.05) is 72.8 Å². The SMILES string of the molecule is O=C(O)C(=O)O.c1ccc(CNCc2cccc3ccccc23)cc1. The first kappa shape index (κ1) is 18.2. The zero-order chi connectivity index (χ0) is 18.1. The molecule has 5 heteroatoms. The standard InChI is InChI=1S/C18H17N.C2H2O4/c1-2-7-15(8-3-1)13-19-14-17-11-6-10-16-9-4-5-12-18(16)17;3-1(4)2(5)6/h1-12,19H,13-14H2;(H,3,4)(H,5,6). The molecule has 0 saturated carbocycles. The molecule has 5 nitrogen and oxygen atoms in total. The van der Waals surface area contributed by atoms with E-state index in [1.807, 2.05) is 6.07 Å². The van der Waals surface area contributed by atoms with E-state index in [1.165, 1.54) is 21.9 Å². The number of nitrogens with one attached hydrogen (secondary N) is 1. The van der Waals surface area contributed by atoms with Gasteiger partial charge in [0.05, 0.1) is 0 Å². The van der Waals surface area contributed by atoms with Crippen LogP contribution in [0.15, 0.2) is 72.8 Å². The number of fused-ring (bicyclic) bond motifs is 1. The largest absolute Gasteiger partial charge is 0.473 e. The molecule has 0 spiro atoms. The van der Waals surface area contributed by atoms with Gasteiger partial charge in [0.2, 0.25) is 0 Å². The van der Waals surface area contributed by atoms with Gasteiger partial charge < -0.3 is 15.5 Å². The molecule has 25 heavy (non-hydrogen) atoms. The first-order valence-electron chi connectivity index (χ1n) is 7.75. The molecule has 3 N–H and O–H groups in total. The summed E-state index contributed by atoms with van der Waals surface area (Å²) in [6, 6.07) is 25.5. The number of carbonyl (C=O) groups is 2. The Bertz CT molecular complexity index is 829. The zero-order valence-electron chi connectivity index (χ0n) is 13.6. The Morgan fingerprint density at radius 1 is 0.720 bits per heavy atom. The molecule has 3 aromatic rings. The van der Waals surface area contributed by atoms with Crippen molar-refractivity contribution in [3.05, 3.63) is 83.9 Å². The topological polar surface area (TPSA) is 86.6 Å². The van der Waals surface area contributed by atoms with Gasteiger partial charge in [-0.2, -0.15) is 0 Å². The molecule has 0 aromatic heterocycles. The van der Waals surface area contributed by atoms with Gasteiger partial charge in [0, 0.05) is 13.1 Å². The number of hydrogen-bond donors (Lipinski definition) is 3. The second-order valence-corrected chi connectivity index (χ2v) is 5.34. The van der Waals surface area contributed by atoms with Gasteiger partial charge in [0.1, 0.15) is 0 Å². The first-order valence-corrected chi connectivity index (χ1v) is 7.75. The maximum atomic E-state index is 9.10. The molecule has 0 amide bonds. The first-order chi connectivity index (χ1) is 12.1. The number of aliphatic carboxylic acids is 2. The van der Waals surface area contributed by atoms with Crippen LogP contribution in [0, 0.1) is 0 Å². The fourth-order valence-corrected chi connectivity index (χ4v) is 2.38. The van der Waals surface area contributed by atoms with Crippen molar-refractivity contribution < 1.29 is 19.8 Å². The lowest BCUT2D eigenvalue weighted by molar-refractivity contribution is -0.159. The number of hydrogen-bond acceptors (Lipinski definition) is 3. The minimum Gasteiger partial charge on any atom is -0.473 e. The van der Waals surface area contributed by atoms with Gasteiger partial charge in [-0.3, -0.25) is 0 Å². The van der Waals surface area contributed by atoms with Gasteiger partial charge in [0.15, 0.2) is 0 Å². The molecule has 0 aliphatic rings. The van der Waals surface area contributed by atoms with Crippen molar-refractivity contribution in [1.29, 1.82) is 0 Å². The van der Waals surface area contributed by atoms with Crippen LogP contribution in [0.25, 0.3) is 10.8 Å². The van der Waals surface area contributed by atoms with E-state index in [9.17, 15) is 0 Å². The van der Waals surface area contributed by atoms with Crippen LogP contribution in [0.3, 0.4) is 0 Å². The van der Waals surface area contributed by atoms with Gasteiger partial charge >= 0.3 is 11.9 Å². The molecule has 0 bridgehead atoms. The summed E-state index contributed by atoms with van der Waals surface area (Å²) in [5.41, 5.74) is 2.68. The normalized spacial score (nSPS) is 9.92. The average Bonchev–Trinajstić information content (AvgIpc) is 2.63. The lowest BCUT2D eigenvalue weighted by Crippen LogP contribution is -2.12. The monoisotopic (exact) mass is 337 g/mol. The Balaban J connectivity index is 0.000000326. The fraction of sp³-hybridized carbons (Fsp3) is 0.100. The van der Waals surface area contributed by atoms with Gasteiger partial charge in [0.25, 0.3) is 0 Å². The molecule has 128 valence electrons. The Morgan fingerprint density at radius 2 is 1.32 bits per heavy atom. The smallest absolute Gasteiger partial charge is 0.414 e. The summed E-state index contributed by atoms with van der Waals surface area (Å²) >= 11 is 0. The third-order valence-electron chi connectivity index (χ3n) is 3.55. The summed E-state index contributed by atoms with van der Waals surface area (Å²) < 4.78 is 0. The average molecular weight is 337 g/mol. The third-order valence-corrected chi connectivity index (χ3v) is 3.55. The Labute approximate surface area is 145 Å². The maximum Gasteiger partial charge on any atom is 0.414 e. The minimum absolute atomic E-state index is 0.899. The van der Waals surface area contributed by atoms with Crippen molar-refractivity contribution in [2.45, 2.75) is 13.1 Å². The van der Waals surface area contributed by atoms with E-state index in [2.05, 4.69) is 72.0 Å². The Kier molecular flexibility index (Phi) is 6.68. The van der Waals surface area contributed by atoms with Crippen LogP contribution in [0.1, 0.15) is 11.1 Å². The molecule has 0 unspecified atom stereocenters. The fourth-order valence-electron chi connectivity index (χ4n) is 2.38. The lowest BCUT2D eigenvalue weighted by Gasteiger charge is -2.08. The molecule has 0 aliphatic heterocycles. The Hall–Kier alpha value is -3.18. The van der Waals surface area contributed by atoms with Crippen molar-refractivity contribution in [3.63, 3.8) is 0 Å². The van der Waals surface area contributed by atoms with Crippen LogP contribution in [0.5, 0.6) is 0 Å². The quantitative estimate of drug-likeness (QED) is 0.636. The van der Waals surface area contributed by atoms with Gasteiger partial charge in [-0.25, -0.2) is 9.59 Å². The van der Waals surface area contributed by atoms with Crippen molar-refractivity contribution in [1.82, 2.24) is 5.32 Å². The molecule has 0 atom stereocenters. The molecule has 0 aliphatic carbocycles. The number of rotatable bonds is 4. The van der Waals surface area contributed by atoms with E-state index < -0.39 is 11.9 Å². The second kappa shape index (κ2) is 9.20. The summed E-state index contributed by atoms with van der Waals surface area (Å²) in [6.45, 7) is 1.81. The molecule has 0 radical (unpaired) electrons. The summed E-state index contributed by atoms with van der Waals surface area (Å²) in [5.74, 6) is -3.65. The highest BCUT2D eigenvalue weighted by atomic mass is 16.4. The van der Waals surface area contributed by atoms with E-state index >= 15 is 0 Å². The third kappa shape index (κ3) is 5.75. The van der Waals surface area contributed by atoms with Gasteiger partial charge in [-0.15, -0.1) is 0 Å². The highest BCUT2D eigenvalue weighted by molar-refractivity contribution is 6.27. The van der Waals surface area contributed by atoms with E-state index in [4.69, 9.17) is 19.8 Å². The van der Waals surface area contributed by atoms with E-state index in [0.29, 0.717) is 0 Å². The highest BCUT2D eigenvalue weighted by Gasteiger charge is 2.04. The van der Waals surface area contributed by atoms with Crippen LogP contribution >= 0.6 is 0 Å². The highest BCUT2D eigenvalue weighted by Crippen LogP contribution is 2.18. The number of carboxylic acid groups (broad SMARTS) is 2. The predicted octanol–water partition coefficient (Wildman–Crippen LogP) is 3.29. The molecule has 0 heterocycles. The molecule has 0 fully saturated rings. The summed E-state index contributed by atoms with van der Waals surface area (Å²) in [7, 11) is 0. The van der Waals surface area contributed by atoms with Crippen LogP contribution in [-0.4, -0.2) is 22.2 Å². The predicted molar refractivity (Wildman–Crippen MR) is 96.2 cm³/mol. The number of carboxylic acids is 2. The second-order valence-electron chi connectivity index (χ2n) is 5.34. The van der Waals surface area contributed by atoms with Crippen LogP contribution in [-0.2, 0) is 22.7 Å². The molecule has 3 aromatic carbocycles. The molecule has 0 saturated heterocycles. The van der Waals surface area contributed by atoms with Crippen molar-refractivity contribution in [3.8, 4) is 0 Å². The number of benzene rings is 3. The van der Waals surface area contributed by atoms with Gasteiger partial charge in [-0.05, 0) is 21.9 Å².